The Bertz CT molecular complexity index is 415. The van der Waals surface area contributed by atoms with Crippen LogP contribution in [0.2, 0.25) is 0 Å². The molecular formula is C17H26N2. The number of hydrogen-bond donors (Lipinski definition) is 1. The molecule has 2 aliphatic carbocycles. The summed E-state index contributed by atoms with van der Waals surface area (Å²) in [5.41, 5.74) is 2.94. The first kappa shape index (κ1) is 13.1. The Kier molecular flexibility index (Phi) is 4.17. The Morgan fingerprint density at radius 1 is 1.32 bits per heavy atom. The lowest BCUT2D eigenvalue weighted by Crippen LogP contribution is -2.28. The van der Waals surface area contributed by atoms with Gasteiger partial charge < -0.3 is 5.32 Å². The molecule has 3 atom stereocenters. The summed E-state index contributed by atoms with van der Waals surface area (Å²) in [6.45, 7) is 3.43. The highest BCUT2D eigenvalue weighted by atomic mass is 14.9. The van der Waals surface area contributed by atoms with Crippen LogP contribution in [0.1, 0.15) is 62.6 Å². The number of aromatic nitrogens is 1. The average Bonchev–Trinajstić information content (AvgIpc) is 2.93. The third-order valence-electron chi connectivity index (χ3n) is 4.96. The van der Waals surface area contributed by atoms with Gasteiger partial charge in [0, 0.05) is 23.9 Å². The molecular weight excluding hydrogens is 232 g/mol. The predicted molar refractivity (Wildman–Crippen MR) is 79.3 cm³/mol. The second kappa shape index (κ2) is 6.04. The minimum absolute atomic E-state index is 0.735. The van der Waals surface area contributed by atoms with Gasteiger partial charge in [0.1, 0.15) is 0 Å². The molecule has 1 saturated carbocycles. The molecule has 1 aromatic heterocycles. The van der Waals surface area contributed by atoms with E-state index in [1.54, 1.807) is 0 Å². The SMILES string of the molecule is CCCNC1CCC(C2CCCc3cccnc32)C1. The Balaban J connectivity index is 1.68. The summed E-state index contributed by atoms with van der Waals surface area (Å²) >= 11 is 0. The number of hydrogen-bond acceptors (Lipinski definition) is 2. The van der Waals surface area contributed by atoms with Crippen molar-refractivity contribution in [3.8, 4) is 0 Å². The van der Waals surface area contributed by atoms with Crippen molar-refractivity contribution in [3.05, 3.63) is 29.6 Å². The van der Waals surface area contributed by atoms with Crippen molar-refractivity contribution in [3.63, 3.8) is 0 Å². The van der Waals surface area contributed by atoms with E-state index >= 15 is 0 Å². The van der Waals surface area contributed by atoms with Gasteiger partial charge in [0.2, 0.25) is 0 Å². The fraction of sp³-hybridized carbons (Fsp3) is 0.706. The van der Waals surface area contributed by atoms with Crippen LogP contribution in [0.15, 0.2) is 18.3 Å². The summed E-state index contributed by atoms with van der Waals surface area (Å²) in [6.07, 6.45) is 11.3. The minimum Gasteiger partial charge on any atom is -0.314 e. The van der Waals surface area contributed by atoms with Crippen LogP contribution in [0.3, 0.4) is 0 Å². The topological polar surface area (TPSA) is 24.9 Å². The van der Waals surface area contributed by atoms with E-state index in [0.717, 1.165) is 17.9 Å². The maximum absolute atomic E-state index is 4.71. The highest BCUT2D eigenvalue weighted by Gasteiger charge is 2.34. The fourth-order valence-electron chi connectivity index (χ4n) is 4.02. The molecule has 1 heterocycles. The number of aryl methyl sites for hydroxylation is 1. The smallest absolute Gasteiger partial charge is 0.0469 e. The van der Waals surface area contributed by atoms with Crippen molar-refractivity contribution in [2.24, 2.45) is 5.92 Å². The van der Waals surface area contributed by atoms with Crippen molar-refractivity contribution < 1.29 is 0 Å². The van der Waals surface area contributed by atoms with E-state index in [9.17, 15) is 0 Å². The Labute approximate surface area is 117 Å². The molecule has 19 heavy (non-hydrogen) atoms. The van der Waals surface area contributed by atoms with Gasteiger partial charge in [-0.25, -0.2) is 0 Å². The summed E-state index contributed by atoms with van der Waals surface area (Å²) in [5.74, 6) is 1.60. The van der Waals surface area contributed by atoms with E-state index < -0.39 is 0 Å². The van der Waals surface area contributed by atoms with Crippen LogP contribution in [0.5, 0.6) is 0 Å². The Morgan fingerprint density at radius 2 is 2.26 bits per heavy atom. The van der Waals surface area contributed by atoms with Crippen molar-refractivity contribution in [1.82, 2.24) is 10.3 Å². The van der Waals surface area contributed by atoms with Gasteiger partial charge in [-0.3, -0.25) is 4.98 Å². The number of fused-ring (bicyclic) bond motifs is 1. The number of nitrogens with one attached hydrogen (secondary N) is 1. The second-order valence-electron chi connectivity index (χ2n) is 6.27. The van der Waals surface area contributed by atoms with E-state index in [1.807, 2.05) is 6.20 Å². The molecule has 3 rings (SSSR count). The Hall–Kier alpha value is -0.890. The van der Waals surface area contributed by atoms with Crippen LogP contribution >= 0.6 is 0 Å². The van der Waals surface area contributed by atoms with Crippen molar-refractivity contribution >= 4 is 0 Å². The van der Waals surface area contributed by atoms with Crippen molar-refractivity contribution in [2.45, 2.75) is 63.8 Å². The molecule has 0 saturated heterocycles. The van der Waals surface area contributed by atoms with Crippen LogP contribution < -0.4 is 5.32 Å². The zero-order valence-electron chi connectivity index (χ0n) is 12.1. The number of nitrogens with zero attached hydrogens (tertiary/aromatic N) is 1. The maximum Gasteiger partial charge on any atom is 0.0469 e. The predicted octanol–water partition coefficient (Wildman–Crippen LogP) is 3.67. The molecule has 0 radical (unpaired) electrons. The van der Waals surface area contributed by atoms with Gasteiger partial charge in [-0.2, -0.15) is 0 Å². The van der Waals surface area contributed by atoms with Gasteiger partial charge in [0.25, 0.3) is 0 Å². The van der Waals surface area contributed by atoms with Gasteiger partial charge in [-0.05, 0) is 69.0 Å². The van der Waals surface area contributed by atoms with E-state index in [-0.39, 0.29) is 0 Å². The normalized spacial score (nSPS) is 30.3. The summed E-state index contributed by atoms with van der Waals surface area (Å²) in [7, 11) is 0. The summed E-state index contributed by atoms with van der Waals surface area (Å²) in [6, 6.07) is 5.15. The largest absolute Gasteiger partial charge is 0.314 e. The van der Waals surface area contributed by atoms with Crippen molar-refractivity contribution in [2.75, 3.05) is 6.54 Å². The second-order valence-corrected chi connectivity index (χ2v) is 6.27. The Morgan fingerprint density at radius 3 is 3.16 bits per heavy atom. The van der Waals surface area contributed by atoms with Gasteiger partial charge in [-0.1, -0.05) is 13.0 Å². The van der Waals surface area contributed by atoms with Gasteiger partial charge in [0.05, 0.1) is 0 Å². The zero-order valence-corrected chi connectivity index (χ0v) is 12.1. The molecule has 2 aliphatic rings. The molecule has 0 spiro atoms. The molecule has 104 valence electrons. The lowest BCUT2D eigenvalue weighted by molar-refractivity contribution is 0.368. The molecule has 3 unspecified atom stereocenters. The highest BCUT2D eigenvalue weighted by Crippen LogP contribution is 2.43. The average molecular weight is 258 g/mol. The molecule has 0 aliphatic heterocycles. The third kappa shape index (κ3) is 2.84. The van der Waals surface area contributed by atoms with Crippen LogP contribution in [0, 0.1) is 5.92 Å². The van der Waals surface area contributed by atoms with E-state index in [4.69, 9.17) is 4.98 Å². The minimum atomic E-state index is 0.735. The van der Waals surface area contributed by atoms with E-state index in [0.29, 0.717) is 0 Å². The quantitative estimate of drug-likeness (QED) is 0.891. The number of pyridine rings is 1. The molecule has 1 N–H and O–H groups in total. The number of rotatable bonds is 4. The highest BCUT2D eigenvalue weighted by molar-refractivity contribution is 5.26. The lowest BCUT2D eigenvalue weighted by atomic mass is 9.78. The standard InChI is InChI=1S/C17H26N2/c1-2-10-18-15-9-8-14(12-15)16-7-3-5-13-6-4-11-19-17(13)16/h4,6,11,14-16,18H,2-3,5,7-10,12H2,1H3. The van der Waals surface area contributed by atoms with Crippen LogP contribution in [-0.4, -0.2) is 17.6 Å². The first-order valence-electron chi connectivity index (χ1n) is 8.05. The summed E-state index contributed by atoms with van der Waals surface area (Å²) < 4.78 is 0. The molecule has 0 amide bonds. The molecule has 2 heteroatoms. The van der Waals surface area contributed by atoms with Crippen LogP contribution in [-0.2, 0) is 6.42 Å². The van der Waals surface area contributed by atoms with Gasteiger partial charge in [0.15, 0.2) is 0 Å². The lowest BCUT2D eigenvalue weighted by Gasteiger charge is -2.29. The van der Waals surface area contributed by atoms with Gasteiger partial charge >= 0.3 is 0 Å². The van der Waals surface area contributed by atoms with E-state index in [1.165, 1.54) is 62.7 Å². The van der Waals surface area contributed by atoms with Gasteiger partial charge in [-0.15, -0.1) is 0 Å². The third-order valence-corrected chi connectivity index (χ3v) is 4.96. The molecule has 0 aromatic carbocycles. The first-order chi connectivity index (χ1) is 9.38. The summed E-state index contributed by atoms with van der Waals surface area (Å²) in [5, 5.41) is 3.70. The maximum atomic E-state index is 4.71. The fourth-order valence-corrected chi connectivity index (χ4v) is 4.02. The summed E-state index contributed by atoms with van der Waals surface area (Å²) in [4.78, 5) is 4.71. The molecule has 1 fully saturated rings. The molecule has 2 nitrogen and oxygen atoms in total. The monoisotopic (exact) mass is 258 g/mol. The first-order valence-corrected chi connectivity index (χ1v) is 8.05. The molecule has 1 aromatic rings. The van der Waals surface area contributed by atoms with E-state index in [2.05, 4.69) is 24.4 Å². The zero-order chi connectivity index (χ0) is 13.1. The van der Waals surface area contributed by atoms with Crippen LogP contribution in [0.4, 0.5) is 0 Å². The molecule has 0 bridgehead atoms. The van der Waals surface area contributed by atoms with Crippen LogP contribution in [0.25, 0.3) is 0 Å². The van der Waals surface area contributed by atoms with Crippen molar-refractivity contribution in [1.29, 1.82) is 0 Å².